The highest BCUT2D eigenvalue weighted by atomic mass is 16.5. The Balaban J connectivity index is 1.69. The molecular formula is C12H13N3O2. The van der Waals surface area contributed by atoms with Crippen molar-refractivity contribution in [2.24, 2.45) is 0 Å². The van der Waals surface area contributed by atoms with Crippen LogP contribution in [0.15, 0.2) is 28.9 Å². The Hall–Kier alpha value is -1.75. The molecule has 0 amide bonds. The smallest absolute Gasteiger partial charge is 0.229 e. The number of pyridine rings is 1. The van der Waals surface area contributed by atoms with Crippen molar-refractivity contribution in [2.45, 2.75) is 31.3 Å². The Morgan fingerprint density at radius 1 is 1.35 bits per heavy atom. The van der Waals surface area contributed by atoms with E-state index in [1.807, 2.05) is 18.2 Å². The summed E-state index contributed by atoms with van der Waals surface area (Å²) in [4.78, 5) is 8.55. The second-order valence-corrected chi connectivity index (χ2v) is 4.37. The molecule has 1 fully saturated rings. The molecule has 2 aromatic rings. The van der Waals surface area contributed by atoms with E-state index in [1.165, 1.54) is 0 Å². The van der Waals surface area contributed by atoms with Crippen LogP contribution in [0.25, 0.3) is 0 Å². The molecule has 0 saturated heterocycles. The van der Waals surface area contributed by atoms with Gasteiger partial charge in [0.05, 0.1) is 12.5 Å². The van der Waals surface area contributed by atoms with E-state index in [1.54, 1.807) is 6.20 Å². The average molecular weight is 231 g/mol. The molecule has 0 bridgehead atoms. The Labute approximate surface area is 98.5 Å². The minimum absolute atomic E-state index is 0.203. The third-order valence-corrected chi connectivity index (χ3v) is 3.01. The molecule has 2 heterocycles. The highest BCUT2D eigenvalue weighted by Gasteiger charge is 2.32. The highest BCUT2D eigenvalue weighted by molar-refractivity contribution is 5.10. The van der Waals surface area contributed by atoms with Crippen molar-refractivity contribution < 1.29 is 9.63 Å². The molecule has 0 unspecified atom stereocenters. The van der Waals surface area contributed by atoms with Crippen LogP contribution in [0.4, 0.5) is 0 Å². The molecule has 5 heteroatoms. The molecule has 0 atom stereocenters. The van der Waals surface area contributed by atoms with Gasteiger partial charge in [-0.2, -0.15) is 4.98 Å². The van der Waals surface area contributed by atoms with E-state index in [0.717, 1.165) is 18.5 Å². The van der Waals surface area contributed by atoms with Crippen molar-refractivity contribution in [3.63, 3.8) is 0 Å². The largest absolute Gasteiger partial charge is 0.393 e. The summed E-state index contributed by atoms with van der Waals surface area (Å²) in [5, 5.41) is 13.2. The van der Waals surface area contributed by atoms with Crippen LogP contribution in [-0.2, 0) is 6.42 Å². The summed E-state index contributed by atoms with van der Waals surface area (Å²) in [6.07, 6.45) is 3.58. The fourth-order valence-corrected chi connectivity index (χ4v) is 1.96. The summed E-state index contributed by atoms with van der Waals surface area (Å²) in [5.41, 5.74) is 0.925. The molecule has 0 radical (unpaired) electrons. The zero-order valence-corrected chi connectivity index (χ0v) is 9.28. The lowest BCUT2D eigenvalue weighted by Gasteiger charge is -2.27. The van der Waals surface area contributed by atoms with Gasteiger partial charge in [-0.3, -0.25) is 4.98 Å². The van der Waals surface area contributed by atoms with Gasteiger partial charge < -0.3 is 9.63 Å². The molecule has 3 rings (SSSR count). The van der Waals surface area contributed by atoms with E-state index >= 15 is 0 Å². The third-order valence-electron chi connectivity index (χ3n) is 3.01. The second-order valence-electron chi connectivity index (χ2n) is 4.37. The van der Waals surface area contributed by atoms with Crippen LogP contribution in [0, 0.1) is 0 Å². The number of nitrogens with zero attached hydrogens (tertiary/aromatic N) is 3. The summed E-state index contributed by atoms with van der Waals surface area (Å²) in [6.45, 7) is 0. The fourth-order valence-electron chi connectivity index (χ4n) is 1.96. The molecule has 1 saturated carbocycles. The molecule has 0 aromatic carbocycles. The van der Waals surface area contributed by atoms with Crippen LogP contribution in [0.1, 0.15) is 36.2 Å². The zero-order chi connectivity index (χ0) is 11.7. The molecule has 5 nitrogen and oxygen atoms in total. The monoisotopic (exact) mass is 231 g/mol. The maximum Gasteiger partial charge on any atom is 0.229 e. The summed E-state index contributed by atoms with van der Waals surface area (Å²) in [7, 11) is 0. The van der Waals surface area contributed by atoms with Gasteiger partial charge in [0.1, 0.15) is 0 Å². The maximum absolute atomic E-state index is 9.22. The minimum Gasteiger partial charge on any atom is -0.393 e. The van der Waals surface area contributed by atoms with Gasteiger partial charge in [-0.25, -0.2) is 0 Å². The van der Waals surface area contributed by atoms with E-state index in [-0.39, 0.29) is 12.0 Å². The van der Waals surface area contributed by atoms with Gasteiger partial charge in [-0.1, -0.05) is 11.2 Å². The molecular weight excluding hydrogens is 218 g/mol. The van der Waals surface area contributed by atoms with Crippen molar-refractivity contribution in [1.29, 1.82) is 0 Å². The molecule has 1 aliphatic carbocycles. The van der Waals surface area contributed by atoms with Crippen LogP contribution in [0.3, 0.4) is 0 Å². The molecule has 0 aliphatic heterocycles. The molecule has 17 heavy (non-hydrogen) atoms. The Morgan fingerprint density at radius 3 is 2.94 bits per heavy atom. The minimum atomic E-state index is -0.203. The quantitative estimate of drug-likeness (QED) is 0.861. The first-order valence-corrected chi connectivity index (χ1v) is 5.71. The number of rotatable bonds is 3. The van der Waals surface area contributed by atoms with E-state index in [9.17, 15) is 5.11 Å². The van der Waals surface area contributed by atoms with Crippen LogP contribution in [0.2, 0.25) is 0 Å². The number of aromatic nitrogens is 3. The van der Waals surface area contributed by atoms with E-state index < -0.39 is 0 Å². The fraction of sp³-hybridized carbons (Fsp3) is 0.417. The molecule has 88 valence electrons. The van der Waals surface area contributed by atoms with Gasteiger partial charge in [0.25, 0.3) is 0 Å². The third kappa shape index (κ3) is 2.19. The lowest BCUT2D eigenvalue weighted by atomic mass is 9.82. The van der Waals surface area contributed by atoms with Crippen molar-refractivity contribution in [1.82, 2.24) is 15.1 Å². The van der Waals surface area contributed by atoms with Gasteiger partial charge in [0, 0.05) is 17.8 Å². The summed E-state index contributed by atoms with van der Waals surface area (Å²) in [6, 6.07) is 5.75. The first kappa shape index (κ1) is 10.4. The topological polar surface area (TPSA) is 72.0 Å². The van der Waals surface area contributed by atoms with Gasteiger partial charge in [0.2, 0.25) is 5.89 Å². The van der Waals surface area contributed by atoms with Gasteiger partial charge in [-0.05, 0) is 25.0 Å². The number of aliphatic hydroxyl groups is 1. The second kappa shape index (κ2) is 4.25. The van der Waals surface area contributed by atoms with Crippen molar-refractivity contribution in [3.8, 4) is 0 Å². The van der Waals surface area contributed by atoms with Crippen molar-refractivity contribution in [3.05, 3.63) is 41.8 Å². The number of hydrogen-bond acceptors (Lipinski definition) is 5. The van der Waals surface area contributed by atoms with E-state index in [4.69, 9.17) is 4.52 Å². The molecule has 2 aromatic heterocycles. The predicted octanol–water partition coefficient (Wildman–Crippen LogP) is 1.29. The Bertz CT molecular complexity index is 491. The van der Waals surface area contributed by atoms with Crippen LogP contribution >= 0.6 is 0 Å². The standard InChI is InChI=1S/C12H13N3O2/c16-10-5-8(6-10)12-14-11(15-17-12)7-9-3-1-2-4-13-9/h1-4,8,10,16H,5-7H2. The van der Waals surface area contributed by atoms with Gasteiger partial charge >= 0.3 is 0 Å². The zero-order valence-electron chi connectivity index (χ0n) is 9.28. The molecule has 0 spiro atoms. The number of aliphatic hydroxyl groups excluding tert-OH is 1. The Morgan fingerprint density at radius 2 is 2.24 bits per heavy atom. The van der Waals surface area contributed by atoms with Crippen molar-refractivity contribution >= 4 is 0 Å². The molecule has 1 aliphatic rings. The van der Waals surface area contributed by atoms with Crippen LogP contribution in [0.5, 0.6) is 0 Å². The summed E-state index contributed by atoms with van der Waals surface area (Å²) in [5.74, 6) is 1.52. The lowest BCUT2D eigenvalue weighted by Crippen LogP contribution is -2.26. The van der Waals surface area contributed by atoms with E-state index in [0.29, 0.717) is 18.1 Å². The van der Waals surface area contributed by atoms with Crippen LogP contribution in [-0.4, -0.2) is 26.3 Å². The van der Waals surface area contributed by atoms with Gasteiger partial charge in [0.15, 0.2) is 5.82 Å². The van der Waals surface area contributed by atoms with E-state index in [2.05, 4.69) is 15.1 Å². The lowest BCUT2D eigenvalue weighted by molar-refractivity contribution is 0.0625. The normalized spacial score (nSPS) is 23.4. The Kier molecular flexibility index (Phi) is 2.60. The van der Waals surface area contributed by atoms with Gasteiger partial charge in [-0.15, -0.1) is 0 Å². The SMILES string of the molecule is OC1CC(c2nc(Cc3ccccn3)no2)C1. The first-order chi connectivity index (χ1) is 8.31. The van der Waals surface area contributed by atoms with Crippen LogP contribution < -0.4 is 0 Å². The first-order valence-electron chi connectivity index (χ1n) is 5.71. The summed E-state index contributed by atoms with van der Waals surface area (Å²) < 4.78 is 5.19. The summed E-state index contributed by atoms with van der Waals surface area (Å²) >= 11 is 0. The number of hydrogen-bond donors (Lipinski definition) is 1. The van der Waals surface area contributed by atoms with Crippen molar-refractivity contribution in [2.75, 3.05) is 0 Å². The highest BCUT2D eigenvalue weighted by Crippen LogP contribution is 2.35. The maximum atomic E-state index is 9.22. The predicted molar refractivity (Wildman–Crippen MR) is 59.3 cm³/mol. The molecule has 1 N–H and O–H groups in total. The average Bonchev–Trinajstić information content (AvgIpc) is 2.74.